The summed E-state index contributed by atoms with van der Waals surface area (Å²) in [5.74, 6) is 0.0294. The third-order valence-electron chi connectivity index (χ3n) is 3.11. The fourth-order valence-corrected chi connectivity index (χ4v) is 2.24. The minimum absolute atomic E-state index is 0.0294. The van der Waals surface area contributed by atoms with E-state index < -0.39 is 0 Å². The third kappa shape index (κ3) is 3.80. The predicted molar refractivity (Wildman–Crippen MR) is 87.5 cm³/mol. The van der Waals surface area contributed by atoms with Gasteiger partial charge in [-0.15, -0.1) is 0 Å². The summed E-state index contributed by atoms with van der Waals surface area (Å²) in [4.78, 5) is 0. The molecule has 4 N–H and O–H groups in total. The van der Waals surface area contributed by atoms with Crippen molar-refractivity contribution >= 4 is 34.7 Å². The number of anilines is 1. The van der Waals surface area contributed by atoms with E-state index in [9.17, 15) is 0 Å². The van der Waals surface area contributed by atoms with Crippen LogP contribution in [0.2, 0.25) is 10.0 Å². The van der Waals surface area contributed by atoms with Crippen molar-refractivity contribution in [3.63, 3.8) is 0 Å². The lowest BCUT2D eigenvalue weighted by molar-refractivity contribution is 0.318. The highest BCUT2D eigenvalue weighted by Crippen LogP contribution is 2.22. The molecular weight excluding hydrogens is 309 g/mol. The number of benzene rings is 2. The average Bonchev–Trinajstić information content (AvgIpc) is 2.48. The first kappa shape index (κ1) is 15.5. The average molecular weight is 324 g/mol. The van der Waals surface area contributed by atoms with Crippen LogP contribution in [0.3, 0.4) is 0 Å². The quantitative estimate of drug-likeness (QED) is 0.344. The van der Waals surface area contributed by atoms with E-state index in [1.165, 1.54) is 0 Å². The fourth-order valence-electron chi connectivity index (χ4n) is 1.81. The SMILES string of the molecule is Cc1ccc(NCc2ccc(/C(N)=N/O)cc2Cl)cc1Cl. The van der Waals surface area contributed by atoms with Crippen LogP contribution in [0.25, 0.3) is 0 Å². The number of oxime groups is 1. The fraction of sp³-hybridized carbons (Fsp3) is 0.133. The molecule has 0 heterocycles. The molecule has 0 saturated heterocycles. The van der Waals surface area contributed by atoms with Crippen LogP contribution in [0.1, 0.15) is 16.7 Å². The summed E-state index contributed by atoms with van der Waals surface area (Å²) >= 11 is 12.3. The second-order valence-electron chi connectivity index (χ2n) is 4.61. The van der Waals surface area contributed by atoms with Crippen molar-refractivity contribution in [1.82, 2.24) is 0 Å². The molecule has 2 rings (SSSR count). The van der Waals surface area contributed by atoms with Gasteiger partial charge < -0.3 is 16.3 Å². The number of halogens is 2. The monoisotopic (exact) mass is 323 g/mol. The van der Waals surface area contributed by atoms with Gasteiger partial charge in [-0.1, -0.05) is 46.6 Å². The van der Waals surface area contributed by atoms with Crippen LogP contribution in [0.15, 0.2) is 41.6 Å². The number of amidine groups is 1. The zero-order valence-electron chi connectivity index (χ0n) is 11.4. The van der Waals surface area contributed by atoms with Crippen molar-refractivity contribution in [2.45, 2.75) is 13.5 Å². The van der Waals surface area contributed by atoms with Gasteiger partial charge in [0.05, 0.1) is 0 Å². The van der Waals surface area contributed by atoms with E-state index in [0.717, 1.165) is 16.8 Å². The normalized spacial score (nSPS) is 11.5. The predicted octanol–water partition coefficient (Wildman–Crippen LogP) is 4.01. The molecule has 0 aromatic heterocycles. The lowest BCUT2D eigenvalue weighted by atomic mass is 10.1. The minimum atomic E-state index is 0.0294. The Morgan fingerprint density at radius 3 is 2.57 bits per heavy atom. The maximum Gasteiger partial charge on any atom is 0.170 e. The molecule has 0 saturated carbocycles. The van der Waals surface area contributed by atoms with Crippen LogP contribution in [0, 0.1) is 6.92 Å². The first-order chi connectivity index (χ1) is 10.0. The number of nitrogens with one attached hydrogen (secondary N) is 1. The van der Waals surface area contributed by atoms with Gasteiger partial charge >= 0.3 is 0 Å². The van der Waals surface area contributed by atoms with Crippen LogP contribution in [-0.2, 0) is 6.54 Å². The molecule has 0 fully saturated rings. The van der Waals surface area contributed by atoms with Gasteiger partial charge in [-0.3, -0.25) is 0 Å². The molecule has 0 spiro atoms. The van der Waals surface area contributed by atoms with Gasteiger partial charge in [-0.2, -0.15) is 0 Å². The zero-order valence-corrected chi connectivity index (χ0v) is 12.9. The minimum Gasteiger partial charge on any atom is -0.409 e. The van der Waals surface area contributed by atoms with Crippen LogP contribution in [0.4, 0.5) is 5.69 Å². The van der Waals surface area contributed by atoms with Crippen molar-refractivity contribution in [3.05, 3.63) is 63.1 Å². The summed E-state index contributed by atoms with van der Waals surface area (Å²) in [5, 5.41) is 16.1. The number of hydrogen-bond acceptors (Lipinski definition) is 3. The molecule has 0 bridgehead atoms. The van der Waals surface area contributed by atoms with E-state index in [1.807, 2.05) is 31.2 Å². The summed E-state index contributed by atoms with van der Waals surface area (Å²) in [6, 6.07) is 11.0. The molecule has 0 aliphatic heterocycles. The van der Waals surface area contributed by atoms with E-state index in [2.05, 4.69) is 10.5 Å². The van der Waals surface area contributed by atoms with Crippen LogP contribution in [0.5, 0.6) is 0 Å². The van der Waals surface area contributed by atoms with E-state index in [1.54, 1.807) is 12.1 Å². The molecule has 0 radical (unpaired) electrons. The second kappa shape index (κ2) is 6.70. The number of nitrogens with zero attached hydrogens (tertiary/aromatic N) is 1. The molecule has 2 aromatic rings. The van der Waals surface area contributed by atoms with Gasteiger partial charge in [0.15, 0.2) is 5.84 Å². The molecule has 2 aromatic carbocycles. The van der Waals surface area contributed by atoms with Gasteiger partial charge in [0, 0.05) is 27.8 Å². The Labute approximate surface area is 133 Å². The first-order valence-corrected chi connectivity index (χ1v) is 7.03. The van der Waals surface area contributed by atoms with E-state index in [-0.39, 0.29) is 5.84 Å². The highest BCUT2D eigenvalue weighted by atomic mass is 35.5. The molecule has 0 aliphatic rings. The summed E-state index contributed by atoms with van der Waals surface area (Å²) in [6.45, 7) is 2.50. The van der Waals surface area contributed by atoms with E-state index in [0.29, 0.717) is 22.2 Å². The Bertz CT molecular complexity index is 687. The molecule has 0 amide bonds. The Hall–Kier alpha value is -1.91. The summed E-state index contributed by atoms with van der Waals surface area (Å²) in [6.07, 6.45) is 0. The van der Waals surface area contributed by atoms with Gasteiger partial charge in [-0.05, 0) is 36.2 Å². The molecule has 110 valence electrons. The molecule has 0 unspecified atom stereocenters. The Morgan fingerprint density at radius 1 is 1.19 bits per heavy atom. The smallest absolute Gasteiger partial charge is 0.170 e. The third-order valence-corrected chi connectivity index (χ3v) is 3.87. The van der Waals surface area contributed by atoms with Gasteiger partial charge in [0.2, 0.25) is 0 Å². The maximum atomic E-state index is 8.64. The topological polar surface area (TPSA) is 70.6 Å². The van der Waals surface area contributed by atoms with E-state index in [4.69, 9.17) is 34.1 Å². The van der Waals surface area contributed by atoms with Crippen molar-refractivity contribution in [3.8, 4) is 0 Å². The lowest BCUT2D eigenvalue weighted by Crippen LogP contribution is -2.13. The number of hydrogen-bond donors (Lipinski definition) is 3. The second-order valence-corrected chi connectivity index (χ2v) is 5.42. The van der Waals surface area contributed by atoms with Gasteiger partial charge in [-0.25, -0.2) is 0 Å². The summed E-state index contributed by atoms with van der Waals surface area (Å²) in [7, 11) is 0. The zero-order chi connectivity index (χ0) is 15.4. The molecule has 0 atom stereocenters. The first-order valence-electron chi connectivity index (χ1n) is 6.27. The van der Waals surface area contributed by atoms with Crippen LogP contribution >= 0.6 is 23.2 Å². The number of nitrogens with two attached hydrogens (primary N) is 1. The summed E-state index contributed by atoms with van der Waals surface area (Å²) in [5.41, 5.74) is 8.95. The standard InChI is InChI=1S/C15H15Cl2N3O/c1-9-2-5-12(7-13(9)16)19-8-11-4-3-10(6-14(11)17)15(18)20-21/h2-7,19,21H,8H2,1H3,(H2,18,20). The largest absolute Gasteiger partial charge is 0.409 e. The van der Waals surface area contributed by atoms with Gasteiger partial charge in [0.1, 0.15) is 0 Å². The Balaban J connectivity index is 2.11. The van der Waals surface area contributed by atoms with Crippen LogP contribution < -0.4 is 11.1 Å². The molecule has 0 aliphatic carbocycles. The van der Waals surface area contributed by atoms with Crippen molar-refractivity contribution in [2.75, 3.05) is 5.32 Å². The molecule has 6 heteroatoms. The highest BCUT2D eigenvalue weighted by Gasteiger charge is 2.05. The van der Waals surface area contributed by atoms with E-state index >= 15 is 0 Å². The maximum absolute atomic E-state index is 8.64. The van der Waals surface area contributed by atoms with Crippen molar-refractivity contribution < 1.29 is 5.21 Å². The molecule has 21 heavy (non-hydrogen) atoms. The number of aryl methyl sites for hydroxylation is 1. The lowest BCUT2D eigenvalue weighted by Gasteiger charge is -2.10. The highest BCUT2D eigenvalue weighted by molar-refractivity contribution is 6.32. The van der Waals surface area contributed by atoms with Crippen molar-refractivity contribution in [1.29, 1.82) is 0 Å². The molecule has 4 nitrogen and oxygen atoms in total. The molecular formula is C15H15Cl2N3O. The Morgan fingerprint density at radius 2 is 1.95 bits per heavy atom. The van der Waals surface area contributed by atoms with Gasteiger partial charge in [0.25, 0.3) is 0 Å². The number of rotatable bonds is 4. The summed E-state index contributed by atoms with van der Waals surface area (Å²) < 4.78 is 0. The van der Waals surface area contributed by atoms with Crippen LogP contribution in [-0.4, -0.2) is 11.0 Å². The Kier molecular flexibility index (Phi) is 4.94. The van der Waals surface area contributed by atoms with Crippen molar-refractivity contribution in [2.24, 2.45) is 10.9 Å².